The first-order valence-corrected chi connectivity index (χ1v) is 8.22. The highest BCUT2D eigenvalue weighted by atomic mass is 15.1. The van der Waals surface area contributed by atoms with E-state index in [2.05, 4.69) is 66.4 Å². The smallest absolute Gasteiger partial charge is 0.0233 e. The average Bonchev–Trinajstić information content (AvgIpc) is 2.56. The summed E-state index contributed by atoms with van der Waals surface area (Å²) in [5.74, 6) is 0.905. The molecule has 1 nitrogen and oxygen atoms in total. The standard InChI is InChI=1S/C20H25N/c1-2-17-7-6-14-21(15-17)16-18-10-12-20(13-11-18)19-8-4-3-5-9-19/h3-5,8-13,17H,2,6-7,14-16H2,1H3. The van der Waals surface area contributed by atoms with Gasteiger partial charge >= 0.3 is 0 Å². The number of benzene rings is 2. The van der Waals surface area contributed by atoms with Gasteiger partial charge in [-0.05, 0) is 42.0 Å². The molecule has 0 radical (unpaired) electrons. The summed E-state index contributed by atoms with van der Waals surface area (Å²) in [6.07, 6.45) is 4.10. The molecule has 0 spiro atoms. The highest BCUT2D eigenvalue weighted by molar-refractivity contribution is 5.63. The molecule has 3 rings (SSSR count). The molecule has 1 aliphatic rings. The molecule has 0 aromatic heterocycles. The van der Waals surface area contributed by atoms with Crippen LogP contribution in [-0.2, 0) is 6.54 Å². The van der Waals surface area contributed by atoms with Crippen molar-refractivity contribution in [2.24, 2.45) is 5.92 Å². The van der Waals surface area contributed by atoms with E-state index in [1.165, 1.54) is 49.0 Å². The Bertz CT molecular complexity index is 544. The molecular weight excluding hydrogens is 254 g/mol. The zero-order chi connectivity index (χ0) is 14.5. The lowest BCUT2D eigenvalue weighted by Crippen LogP contribution is -2.34. The average molecular weight is 279 g/mol. The molecule has 2 aromatic carbocycles. The van der Waals surface area contributed by atoms with Gasteiger partial charge in [-0.25, -0.2) is 0 Å². The number of hydrogen-bond donors (Lipinski definition) is 0. The van der Waals surface area contributed by atoms with Gasteiger partial charge < -0.3 is 0 Å². The molecule has 2 aromatic rings. The van der Waals surface area contributed by atoms with E-state index in [9.17, 15) is 0 Å². The van der Waals surface area contributed by atoms with E-state index in [-0.39, 0.29) is 0 Å². The Kier molecular flexibility index (Phi) is 4.72. The Balaban J connectivity index is 1.65. The van der Waals surface area contributed by atoms with Crippen LogP contribution in [-0.4, -0.2) is 18.0 Å². The Labute approximate surface area is 128 Å². The third-order valence-electron chi connectivity index (χ3n) is 4.65. The maximum Gasteiger partial charge on any atom is 0.0233 e. The second kappa shape index (κ2) is 6.91. The molecule has 0 N–H and O–H groups in total. The summed E-state index contributed by atoms with van der Waals surface area (Å²) >= 11 is 0. The molecule has 1 atom stereocenters. The van der Waals surface area contributed by atoms with Gasteiger partial charge in [0.2, 0.25) is 0 Å². The molecule has 1 heteroatoms. The van der Waals surface area contributed by atoms with Gasteiger partial charge in [0, 0.05) is 13.1 Å². The minimum atomic E-state index is 0.905. The summed E-state index contributed by atoms with van der Waals surface area (Å²) in [5, 5.41) is 0. The first kappa shape index (κ1) is 14.3. The van der Waals surface area contributed by atoms with E-state index >= 15 is 0 Å². The minimum Gasteiger partial charge on any atom is -0.299 e. The molecule has 0 amide bonds. The first-order valence-electron chi connectivity index (χ1n) is 8.22. The second-order valence-electron chi connectivity index (χ2n) is 6.21. The molecule has 1 aliphatic heterocycles. The lowest BCUT2D eigenvalue weighted by molar-refractivity contribution is 0.165. The molecule has 1 saturated heterocycles. The fourth-order valence-electron chi connectivity index (χ4n) is 3.32. The van der Waals surface area contributed by atoms with Crippen molar-refractivity contribution in [1.82, 2.24) is 4.90 Å². The van der Waals surface area contributed by atoms with Crippen LogP contribution in [0.25, 0.3) is 11.1 Å². The summed E-state index contributed by atoms with van der Waals surface area (Å²) in [7, 11) is 0. The molecule has 0 bridgehead atoms. The van der Waals surface area contributed by atoms with Crippen LogP contribution in [0.1, 0.15) is 31.7 Å². The summed E-state index contributed by atoms with van der Waals surface area (Å²) in [6.45, 7) is 5.96. The van der Waals surface area contributed by atoms with E-state index in [1.807, 2.05) is 0 Å². The molecule has 1 fully saturated rings. The Morgan fingerprint density at radius 2 is 1.67 bits per heavy atom. The molecule has 1 heterocycles. The molecule has 1 unspecified atom stereocenters. The van der Waals surface area contributed by atoms with Gasteiger partial charge in [0.15, 0.2) is 0 Å². The van der Waals surface area contributed by atoms with Crippen molar-refractivity contribution in [2.45, 2.75) is 32.7 Å². The van der Waals surface area contributed by atoms with Crippen LogP contribution in [0.2, 0.25) is 0 Å². The van der Waals surface area contributed by atoms with Gasteiger partial charge in [-0.2, -0.15) is 0 Å². The highest BCUT2D eigenvalue weighted by Gasteiger charge is 2.18. The summed E-state index contributed by atoms with van der Waals surface area (Å²) < 4.78 is 0. The normalized spacial score (nSPS) is 19.6. The number of nitrogens with zero attached hydrogens (tertiary/aromatic N) is 1. The van der Waals surface area contributed by atoms with Gasteiger partial charge in [0.05, 0.1) is 0 Å². The van der Waals surface area contributed by atoms with E-state index < -0.39 is 0 Å². The number of piperidine rings is 1. The summed E-state index contributed by atoms with van der Waals surface area (Å²) in [5.41, 5.74) is 4.05. The van der Waals surface area contributed by atoms with Gasteiger partial charge in [-0.3, -0.25) is 4.90 Å². The third-order valence-corrected chi connectivity index (χ3v) is 4.65. The minimum absolute atomic E-state index is 0.905. The van der Waals surface area contributed by atoms with E-state index in [1.54, 1.807) is 0 Å². The monoisotopic (exact) mass is 279 g/mol. The van der Waals surface area contributed by atoms with Crippen LogP contribution in [0.5, 0.6) is 0 Å². The van der Waals surface area contributed by atoms with Crippen LogP contribution >= 0.6 is 0 Å². The van der Waals surface area contributed by atoms with Gasteiger partial charge in [0.1, 0.15) is 0 Å². The van der Waals surface area contributed by atoms with Crippen LogP contribution in [0.15, 0.2) is 54.6 Å². The zero-order valence-corrected chi connectivity index (χ0v) is 13.0. The lowest BCUT2D eigenvalue weighted by Gasteiger charge is -2.32. The van der Waals surface area contributed by atoms with Crippen molar-refractivity contribution in [2.75, 3.05) is 13.1 Å². The van der Waals surface area contributed by atoms with Crippen molar-refractivity contribution in [1.29, 1.82) is 0 Å². The van der Waals surface area contributed by atoms with Crippen molar-refractivity contribution in [3.63, 3.8) is 0 Å². The molecular formula is C20H25N. The highest BCUT2D eigenvalue weighted by Crippen LogP contribution is 2.23. The van der Waals surface area contributed by atoms with Crippen LogP contribution in [0.4, 0.5) is 0 Å². The van der Waals surface area contributed by atoms with Crippen molar-refractivity contribution in [3.05, 3.63) is 60.2 Å². The van der Waals surface area contributed by atoms with Crippen molar-refractivity contribution < 1.29 is 0 Å². The molecule has 0 saturated carbocycles. The van der Waals surface area contributed by atoms with E-state index in [0.29, 0.717) is 0 Å². The molecule has 0 aliphatic carbocycles. The zero-order valence-electron chi connectivity index (χ0n) is 13.0. The van der Waals surface area contributed by atoms with Crippen LogP contribution in [0.3, 0.4) is 0 Å². The summed E-state index contributed by atoms with van der Waals surface area (Å²) in [4.78, 5) is 2.62. The number of likely N-dealkylation sites (tertiary alicyclic amines) is 1. The van der Waals surface area contributed by atoms with Crippen molar-refractivity contribution >= 4 is 0 Å². The predicted molar refractivity (Wildman–Crippen MR) is 90.2 cm³/mol. The van der Waals surface area contributed by atoms with Crippen molar-refractivity contribution in [3.8, 4) is 11.1 Å². The Morgan fingerprint density at radius 1 is 0.952 bits per heavy atom. The topological polar surface area (TPSA) is 3.24 Å². The van der Waals surface area contributed by atoms with Crippen LogP contribution < -0.4 is 0 Å². The van der Waals surface area contributed by atoms with Crippen LogP contribution in [0, 0.1) is 5.92 Å². The van der Waals surface area contributed by atoms with Gasteiger partial charge in [-0.1, -0.05) is 67.9 Å². The maximum absolute atomic E-state index is 2.62. The summed E-state index contributed by atoms with van der Waals surface area (Å²) in [6, 6.07) is 19.7. The predicted octanol–water partition coefficient (Wildman–Crippen LogP) is 4.98. The van der Waals surface area contributed by atoms with E-state index in [4.69, 9.17) is 0 Å². The Hall–Kier alpha value is -1.60. The fourth-order valence-corrected chi connectivity index (χ4v) is 3.32. The largest absolute Gasteiger partial charge is 0.299 e. The van der Waals surface area contributed by atoms with Gasteiger partial charge in [-0.15, -0.1) is 0 Å². The third kappa shape index (κ3) is 3.74. The quantitative estimate of drug-likeness (QED) is 0.763. The first-order chi connectivity index (χ1) is 10.3. The Morgan fingerprint density at radius 3 is 2.38 bits per heavy atom. The molecule has 21 heavy (non-hydrogen) atoms. The maximum atomic E-state index is 2.62. The molecule has 110 valence electrons. The second-order valence-corrected chi connectivity index (χ2v) is 6.21. The van der Waals surface area contributed by atoms with Gasteiger partial charge in [0.25, 0.3) is 0 Å². The number of hydrogen-bond acceptors (Lipinski definition) is 1. The van der Waals surface area contributed by atoms with E-state index in [0.717, 1.165) is 12.5 Å². The lowest BCUT2D eigenvalue weighted by atomic mass is 9.95. The SMILES string of the molecule is CCC1CCCN(Cc2ccc(-c3ccccc3)cc2)C1. The number of rotatable bonds is 4. The fraction of sp³-hybridized carbons (Fsp3) is 0.400.